The molecule has 0 bridgehead atoms. The number of hydrogen-bond donors (Lipinski definition) is 1. The number of esters is 1. The molecule has 0 saturated carbocycles. The molecule has 0 spiro atoms. The normalized spacial score (nSPS) is 12.9. The SMILES string of the molecule is C[C@@H](OC(=O)c1ccccc1[S@@](C)=O)C(=O)NCCc1ccc(F)cc1. The van der Waals surface area contributed by atoms with Crippen LogP contribution in [0.5, 0.6) is 0 Å². The minimum Gasteiger partial charge on any atom is -0.449 e. The highest BCUT2D eigenvalue weighted by atomic mass is 32.2. The van der Waals surface area contributed by atoms with E-state index in [0.717, 1.165) is 5.56 Å². The monoisotopic (exact) mass is 377 g/mol. The summed E-state index contributed by atoms with van der Waals surface area (Å²) >= 11 is 0. The van der Waals surface area contributed by atoms with Crippen molar-refractivity contribution < 1.29 is 22.9 Å². The second kappa shape index (κ2) is 9.24. The van der Waals surface area contributed by atoms with Crippen molar-refractivity contribution in [3.63, 3.8) is 0 Å². The van der Waals surface area contributed by atoms with E-state index in [0.29, 0.717) is 17.9 Å². The Labute approximate surface area is 154 Å². The molecule has 2 aromatic carbocycles. The summed E-state index contributed by atoms with van der Waals surface area (Å²) in [5.41, 5.74) is 1.06. The van der Waals surface area contributed by atoms with Crippen LogP contribution in [0.3, 0.4) is 0 Å². The predicted octanol–water partition coefficient (Wildman–Crippen LogP) is 2.47. The largest absolute Gasteiger partial charge is 0.449 e. The van der Waals surface area contributed by atoms with E-state index < -0.39 is 28.8 Å². The average Bonchev–Trinajstić information content (AvgIpc) is 2.63. The number of rotatable bonds is 7. The van der Waals surface area contributed by atoms with Gasteiger partial charge in [0.2, 0.25) is 0 Å². The second-order valence-electron chi connectivity index (χ2n) is 5.67. The zero-order valence-corrected chi connectivity index (χ0v) is 15.3. The topological polar surface area (TPSA) is 72.5 Å². The molecule has 0 aliphatic carbocycles. The van der Waals surface area contributed by atoms with Gasteiger partial charge in [-0.15, -0.1) is 0 Å². The predicted molar refractivity (Wildman–Crippen MR) is 96.8 cm³/mol. The summed E-state index contributed by atoms with van der Waals surface area (Å²) in [6.45, 7) is 1.80. The van der Waals surface area contributed by atoms with Crippen molar-refractivity contribution in [3.05, 3.63) is 65.5 Å². The Hall–Kier alpha value is -2.54. The molecule has 7 heteroatoms. The third-order valence-electron chi connectivity index (χ3n) is 3.70. The Morgan fingerprint density at radius 1 is 1.15 bits per heavy atom. The molecule has 1 amide bonds. The van der Waals surface area contributed by atoms with E-state index in [9.17, 15) is 18.2 Å². The molecule has 0 aliphatic rings. The van der Waals surface area contributed by atoms with Crippen LogP contribution >= 0.6 is 0 Å². The van der Waals surface area contributed by atoms with E-state index in [-0.39, 0.29) is 11.4 Å². The first-order chi connectivity index (χ1) is 12.4. The average molecular weight is 377 g/mol. The van der Waals surface area contributed by atoms with Crippen LogP contribution in [0.25, 0.3) is 0 Å². The third kappa shape index (κ3) is 5.49. The van der Waals surface area contributed by atoms with E-state index in [1.807, 2.05) is 0 Å². The lowest BCUT2D eigenvalue weighted by Gasteiger charge is -2.14. The van der Waals surface area contributed by atoms with Gasteiger partial charge in [0, 0.05) is 12.8 Å². The van der Waals surface area contributed by atoms with E-state index in [4.69, 9.17) is 4.74 Å². The van der Waals surface area contributed by atoms with Crippen LogP contribution < -0.4 is 5.32 Å². The molecule has 0 unspecified atom stereocenters. The van der Waals surface area contributed by atoms with Crippen LogP contribution in [-0.2, 0) is 26.8 Å². The van der Waals surface area contributed by atoms with Gasteiger partial charge in [-0.3, -0.25) is 9.00 Å². The molecular weight excluding hydrogens is 357 g/mol. The summed E-state index contributed by atoms with van der Waals surface area (Å²) in [5.74, 6) is -1.45. The number of amides is 1. The van der Waals surface area contributed by atoms with Crippen molar-refractivity contribution in [2.24, 2.45) is 0 Å². The first-order valence-corrected chi connectivity index (χ1v) is 9.60. The van der Waals surface area contributed by atoms with Crippen molar-refractivity contribution in [1.29, 1.82) is 0 Å². The van der Waals surface area contributed by atoms with Gasteiger partial charge >= 0.3 is 5.97 Å². The molecule has 0 saturated heterocycles. The lowest BCUT2D eigenvalue weighted by molar-refractivity contribution is -0.129. The van der Waals surface area contributed by atoms with E-state index >= 15 is 0 Å². The van der Waals surface area contributed by atoms with Crippen molar-refractivity contribution in [1.82, 2.24) is 5.32 Å². The molecule has 2 aromatic rings. The number of benzene rings is 2. The molecule has 1 N–H and O–H groups in total. The fourth-order valence-corrected chi connectivity index (χ4v) is 3.02. The molecule has 138 valence electrons. The first-order valence-electron chi connectivity index (χ1n) is 8.04. The highest BCUT2D eigenvalue weighted by Gasteiger charge is 2.21. The highest BCUT2D eigenvalue weighted by molar-refractivity contribution is 7.84. The number of carbonyl (C=O) groups excluding carboxylic acids is 2. The van der Waals surface area contributed by atoms with Gasteiger partial charge in [0.25, 0.3) is 5.91 Å². The zero-order valence-electron chi connectivity index (χ0n) is 14.5. The fraction of sp³-hybridized carbons (Fsp3) is 0.263. The zero-order chi connectivity index (χ0) is 19.1. The third-order valence-corrected chi connectivity index (χ3v) is 4.67. The summed E-state index contributed by atoms with van der Waals surface area (Å²) in [4.78, 5) is 24.7. The minimum absolute atomic E-state index is 0.180. The quantitative estimate of drug-likeness (QED) is 0.753. The summed E-state index contributed by atoms with van der Waals surface area (Å²) < 4.78 is 29.7. The lowest BCUT2D eigenvalue weighted by atomic mass is 10.1. The Kier molecular flexibility index (Phi) is 7.03. The maximum Gasteiger partial charge on any atom is 0.340 e. The van der Waals surface area contributed by atoms with Crippen LogP contribution in [0.4, 0.5) is 4.39 Å². The Morgan fingerprint density at radius 3 is 2.46 bits per heavy atom. The summed E-state index contributed by atoms with van der Waals surface area (Å²) in [5, 5.41) is 2.67. The number of carbonyl (C=O) groups is 2. The number of halogens is 1. The number of hydrogen-bond acceptors (Lipinski definition) is 4. The molecule has 26 heavy (non-hydrogen) atoms. The van der Waals surface area contributed by atoms with Crippen LogP contribution in [0.1, 0.15) is 22.8 Å². The van der Waals surface area contributed by atoms with Gasteiger partial charge < -0.3 is 10.1 Å². The smallest absolute Gasteiger partial charge is 0.340 e. The van der Waals surface area contributed by atoms with Crippen LogP contribution in [-0.4, -0.2) is 35.0 Å². The van der Waals surface area contributed by atoms with Gasteiger partial charge in [-0.1, -0.05) is 24.3 Å². The highest BCUT2D eigenvalue weighted by Crippen LogP contribution is 2.14. The Balaban J connectivity index is 1.87. The van der Waals surface area contributed by atoms with Gasteiger partial charge in [-0.25, -0.2) is 9.18 Å². The Morgan fingerprint density at radius 2 is 1.81 bits per heavy atom. The van der Waals surface area contributed by atoms with E-state index in [1.165, 1.54) is 31.4 Å². The number of ether oxygens (including phenoxy) is 1. The van der Waals surface area contributed by atoms with Gasteiger partial charge in [0.15, 0.2) is 6.10 Å². The molecule has 2 rings (SSSR count). The molecular formula is C19H20FNO4S. The fourth-order valence-electron chi connectivity index (χ4n) is 2.29. The summed E-state index contributed by atoms with van der Waals surface area (Å²) in [6.07, 6.45) is 1.01. The Bertz CT molecular complexity index is 807. The number of nitrogens with one attached hydrogen (secondary N) is 1. The van der Waals surface area contributed by atoms with E-state index in [1.54, 1.807) is 30.3 Å². The maximum atomic E-state index is 12.8. The van der Waals surface area contributed by atoms with Crippen LogP contribution in [0.15, 0.2) is 53.4 Å². The molecule has 0 radical (unpaired) electrons. The lowest BCUT2D eigenvalue weighted by Crippen LogP contribution is -2.37. The van der Waals surface area contributed by atoms with Crippen molar-refractivity contribution in [2.75, 3.05) is 12.8 Å². The molecule has 0 aromatic heterocycles. The molecule has 0 aliphatic heterocycles. The summed E-state index contributed by atoms with van der Waals surface area (Å²) in [7, 11) is -1.34. The standard InChI is InChI=1S/C19H20FNO4S/c1-13(18(22)21-12-11-14-7-9-15(20)10-8-14)25-19(23)16-5-3-4-6-17(16)26(2)24/h3-10,13H,11-12H2,1-2H3,(H,21,22)/t13-,26-/m1/s1. The molecule has 5 nitrogen and oxygen atoms in total. The summed E-state index contributed by atoms with van der Waals surface area (Å²) in [6, 6.07) is 12.4. The van der Waals surface area contributed by atoms with E-state index in [2.05, 4.69) is 5.32 Å². The van der Waals surface area contributed by atoms with Crippen LogP contribution in [0.2, 0.25) is 0 Å². The van der Waals surface area contributed by atoms with Crippen molar-refractivity contribution in [3.8, 4) is 0 Å². The van der Waals surface area contributed by atoms with Gasteiger partial charge in [-0.2, -0.15) is 0 Å². The molecule has 2 atom stereocenters. The maximum absolute atomic E-state index is 12.8. The van der Waals surface area contributed by atoms with Crippen molar-refractivity contribution in [2.45, 2.75) is 24.3 Å². The van der Waals surface area contributed by atoms with Gasteiger partial charge in [0.05, 0.1) is 21.3 Å². The second-order valence-corrected chi connectivity index (χ2v) is 7.01. The van der Waals surface area contributed by atoms with Crippen molar-refractivity contribution >= 4 is 22.7 Å². The van der Waals surface area contributed by atoms with Gasteiger partial charge in [0.1, 0.15) is 5.82 Å². The van der Waals surface area contributed by atoms with Gasteiger partial charge in [-0.05, 0) is 43.2 Å². The molecule has 0 fully saturated rings. The first kappa shape index (κ1) is 19.8. The van der Waals surface area contributed by atoms with Crippen LogP contribution in [0, 0.1) is 5.82 Å². The molecule has 0 heterocycles. The minimum atomic E-state index is -1.34.